The Balaban J connectivity index is -0.0000000417. The quantitative estimate of drug-likeness (QED) is 0.368. The maximum atomic E-state index is 9.82. The first-order valence-corrected chi connectivity index (χ1v) is 1.90. The third-order valence-electron chi connectivity index (χ3n) is 0.348. The summed E-state index contributed by atoms with van der Waals surface area (Å²) in [6.45, 7) is 3.65. The van der Waals surface area contributed by atoms with Gasteiger partial charge in [0.15, 0.2) is 0 Å². The van der Waals surface area contributed by atoms with E-state index >= 15 is 0 Å². The molecule has 0 aromatic rings. The van der Waals surface area contributed by atoms with Crippen LogP contribution in [0.25, 0.3) is 0 Å². The molecule has 0 saturated carbocycles. The molecule has 0 heterocycles. The molecule has 0 unspecified atom stereocenters. The molecule has 5 heteroatoms. The molecular formula is C4H12K2O3. The van der Waals surface area contributed by atoms with Gasteiger partial charge < -0.3 is 10.2 Å². The van der Waals surface area contributed by atoms with Gasteiger partial charge in [0.1, 0.15) is 0 Å². The van der Waals surface area contributed by atoms with E-state index < -0.39 is 0 Å². The summed E-state index contributed by atoms with van der Waals surface area (Å²) >= 11 is 0. The van der Waals surface area contributed by atoms with Gasteiger partial charge in [-0.1, -0.05) is 0 Å². The van der Waals surface area contributed by atoms with Crippen LogP contribution >= 0.6 is 0 Å². The summed E-state index contributed by atoms with van der Waals surface area (Å²) in [6, 6.07) is 0. The molecule has 0 amide bonds. The Morgan fingerprint density at radius 1 is 1.44 bits per heavy atom. The predicted molar refractivity (Wildman–Crippen MR) is 40.2 cm³/mol. The van der Waals surface area contributed by atoms with Crippen LogP contribution in [-0.2, 0) is 9.53 Å². The maximum absolute atomic E-state index is 9.82. The van der Waals surface area contributed by atoms with E-state index in [9.17, 15) is 4.79 Å². The van der Waals surface area contributed by atoms with Gasteiger partial charge in [0.2, 0.25) is 0 Å². The van der Waals surface area contributed by atoms with Crippen LogP contribution in [0.3, 0.4) is 0 Å². The molecule has 0 saturated heterocycles. The van der Waals surface area contributed by atoms with Gasteiger partial charge in [-0.2, -0.15) is 0 Å². The van der Waals surface area contributed by atoms with E-state index in [1.165, 1.54) is 6.92 Å². The molecule has 48 valence electrons. The molecule has 0 aliphatic carbocycles. The molecule has 0 bridgehead atoms. The predicted octanol–water partition coefficient (Wildman–Crippen LogP) is -1.55. The van der Waals surface area contributed by atoms with Crippen LogP contribution in [0.1, 0.15) is 13.8 Å². The Hall–Kier alpha value is 2.70. The number of rotatable bonds is 1. The van der Waals surface area contributed by atoms with Crippen molar-refractivity contribution in [1.29, 1.82) is 0 Å². The zero-order valence-electron chi connectivity index (χ0n) is 4.52. The molecule has 0 radical (unpaired) electrons. The zero-order chi connectivity index (χ0) is 4.99. The van der Waals surface area contributed by atoms with Crippen LogP contribution in [-0.4, -0.2) is 121 Å². The summed E-state index contributed by atoms with van der Waals surface area (Å²) in [5.74, 6) is -0.211. The molecule has 0 aromatic carbocycles. The Kier molecular flexibility index (Phi) is 42.6. The summed E-state index contributed by atoms with van der Waals surface area (Å²) < 4.78 is 4.40. The third-order valence-corrected chi connectivity index (χ3v) is 0.348. The molecule has 0 aliphatic heterocycles. The number of ether oxygens (including phenoxy) is 1. The second-order valence-electron chi connectivity index (χ2n) is 0.925. The van der Waals surface area contributed by atoms with E-state index in [4.69, 9.17) is 0 Å². The number of carbonyl (C=O) groups excluding carboxylic acids is 1. The van der Waals surface area contributed by atoms with Crippen LogP contribution in [0, 0.1) is 0 Å². The van der Waals surface area contributed by atoms with Crippen molar-refractivity contribution in [3.05, 3.63) is 0 Å². The normalized spacial score (nSPS) is 5.11. The molecule has 0 rings (SSSR count). The van der Waals surface area contributed by atoms with E-state index in [0.717, 1.165) is 0 Å². The van der Waals surface area contributed by atoms with Crippen LogP contribution in [0.15, 0.2) is 0 Å². The van der Waals surface area contributed by atoms with Gasteiger partial charge >= 0.3 is 109 Å². The Morgan fingerprint density at radius 2 is 1.78 bits per heavy atom. The van der Waals surface area contributed by atoms with E-state index in [2.05, 4.69) is 4.74 Å². The van der Waals surface area contributed by atoms with Gasteiger partial charge in [0.05, 0.1) is 6.61 Å². The van der Waals surface area contributed by atoms with Crippen LogP contribution in [0.4, 0.5) is 0 Å². The number of hydrogen-bond acceptors (Lipinski definition) is 2. The first-order chi connectivity index (χ1) is 2.77. The monoisotopic (exact) mass is 186 g/mol. The Morgan fingerprint density at radius 3 is 1.78 bits per heavy atom. The first kappa shape index (κ1) is 22.6. The fourth-order valence-electron chi connectivity index (χ4n) is 0.203. The molecular weight excluding hydrogens is 174 g/mol. The fourth-order valence-corrected chi connectivity index (χ4v) is 0.203. The summed E-state index contributed by atoms with van der Waals surface area (Å²) in [5, 5.41) is 0. The Labute approximate surface area is 140 Å². The fraction of sp³-hybridized carbons (Fsp3) is 0.750. The van der Waals surface area contributed by atoms with Crippen molar-refractivity contribution in [2.45, 2.75) is 13.8 Å². The first-order valence-electron chi connectivity index (χ1n) is 1.90. The van der Waals surface area contributed by atoms with Crippen molar-refractivity contribution in [3.8, 4) is 0 Å². The molecule has 0 fully saturated rings. The molecule has 0 aliphatic rings. The van der Waals surface area contributed by atoms with E-state index in [-0.39, 0.29) is 114 Å². The standard InChI is InChI=1S/C4H8O2.2K.H2O.2H/c1-3-6-4(2)5;;;;;/h3H2,1-2H3;;;1H2;;. The van der Waals surface area contributed by atoms with Crippen LogP contribution in [0.5, 0.6) is 0 Å². The second-order valence-corrected chi connectivity index (χ2v) is 0.925. The molecule has 9 heavy (non-hydrogen) atoms. The van der Waals surface area contributed by atoms with E-state index in [0.29, 0.717) is 6.61 Å². The van der Waals surface area contributed by atoms with Gasteiger partial charge in [0, 0.05) is 6.92 Å². The average molecular weight is 186 g/mol. The molecule has 0 atom stereocenters. The molecule has 0 aromatic heterocycles. The van der Waals surface area contributed by atoms with Gasteiger partial charge in [-0.3, -0.25) is 4.79 Å². The summed E-state index contributed by atoms with van der Waals surface area (Å²) in [5.41, 5.74) is 0. The van der Waals surface area contributed by atoms with Gasteiger partial charge in [-0.25, -0.2) is 0 Å². The minimum absolute atomic E-state index is 0. The Bertz CT molecular complexity index is 57.8. The van der Waals surface area contributed by atoms with Crippen molar-refractivity contribution >= 4 is 109 Å². The third kappa shape index (κ3) is 24.9. The van der Waals surface area contributed by atoms with Crippen LogP contribution in [0.2, 0.25) is 0 Å². The molecule has 0 spiro atoms. The van der Waals surface area contributed by atoms with Crippen molar-refractivity contribution in [2.75, 3.05) is 6.61 Å². The number of esters is 1. The minimum atomic E-state index is -0.211. The van der Waals surface area contributed by atoms with Gasteiger partial charge in [-0.05, 0) is 6.92 Å². The van der Waals surface area contributed by atoms with Crippen LogP contribution < -0.4 is 0 Å². The summed E-state index contributed by atoms with van der Waals surface area (Å²) in [4.78, 5) is 9.82. The summed E-state index contributed by atoms with van der Waals surface area (Å²) in [6.07, 6.45) is 0. The zero-order valence-corrected chi connectivity index (χ0v) is 4.52. The van der Waals surface area contributed by atoms with Gasteiger partial charge in [-0.15, -0.1) is 0 Å². The second kappa shape index (κ2) is 17.0. The average Bonchev–Trinajstić information content (AvgIpc) is 1.35. The van der Waals surface area contributed by atoms with Crippen molar-refractivity contribution < 1.29 is 15.0 Å². The summed E-state index contributed by atoms with van der Waals surface area (Å²) in [7, 11) is 0. The van der Waals surface area contributed by atoms with Crippen molar-refractivity contribution in [2.24, 2.45) is 0 Å². The van der Waals surface area contributed by atoms with Crippen molar-refractivity contribution in [1.82, 2.24) is 0 Å². The SMILES string of the molecule is CCOC(C)=O.O.[KH].[KH]. The molecule has 3 nitrogen and oxygen atoms in total. The number of hydrogen-bond donors (Lipinski definition) is 0. The van der Waals surface area contributed by atoms with Gasteiger partial charge in [0.25, 0.3) is 0 Å². The molecule has 2 N–H and O–H groups in total. The van der Waals surface area contributed by atoms with E-state index in [1.807, 2.05) is 0 Å². The number of carbonyl (C=O) groups is 1. The van der Waals surface area contributed by atoms with E-state index in [1.54, 1.807) is 6.92 Å². The topological polar surface area (TPSA) is 57.8 Å². The van der Waals surface area contributed by atoms with Crippen molar-refractivity contribution in [3.63, 3.8) is 0 Å².